The van der Waals surface area contributed by atoms with Crippen molar-refractivity contribution in [3.8, 4) is 0 Å². The normalized spacial score (nSPS) is 19.6. The summed E-state index contributed by atoms with van der Waals surface area (Å²) in [6.45, 7) is 5.05. The SMILES string of the molecule is CCOC1=C(N)N2CN(c3ccccc3)CN2C1. The van der Waals surface area contributed by atoms with Crippen molar-refractivity contribution in [2.45, 2.75) is 6.92 Å². The maximum absolute atomic E-state index is 6.10. The number of fused-ring (bicyclic) bond motifs is 1. The molecule has 2 aliphatic heterocycles. The Morgan fingerprint density at radius 1 is 1.22 bits per heavy atom. The van der Waals surface area contributed by atoms with E-state index in [-0.39, 0.29) is 0 Å². The predicted octanol–water partition coefficient (Wildman–Crippen LogP) is 1.12. The minimum absolute atomic E-state index is 0.667. The molecule has 0 aliphatic carbocycles. The molecule has 3 rings (SSSR count). The van der Waals surface area contributed by atoms with Gasteiger partial charge in [-0.1, -0.05) is 18.2 Å². The van der Waals surface area contributed by atoms with Crippen LogP contribution in [0.25, 0.3) is 0 Å². The van der Waals surface area contributed by atoms with Gasteiger partial charge in [0.25, 0.3) is 0 Å². The van der Waals surface area contributed by atoms with Gasteiger partial charge in [-0.2, -0.15) is 5.01 Å². The standard InChI is InChI=1S/C13H18N4O/c1-2-18-12-8-16-9-15(10-17(16)13(12)14)11-6-4-3-5-7-11/h3-7H,2,8-10,14H2,1H3. The van der Waals surface area contributed by atoms with Crippen molar-refractivity contribution in [1.29, 1.82) is 0 Å². The fourth-order valence-electron chi connectivity index (χ4n) is 2.42. The molecule has 0 saturated carbocycles. The molecule has 0 unspecified atom stereocenters. The van der Waals surface area contributed by atoms with Gasteiger partial charge in [-0.05, 0) is 19.1 Å². The van der Waals surface area contributed by atoms with Crippen LogP contribution >= 0.6 is 0 Å². The molecule has 1 aromatic rings. The molecule has 1 aromatic carbocycles. The first-order valence-corrected chi connectivity index (χ1v) is 6.23. The van der Waals surface area contributed by atoms with Gasteiger partial charge in [0.15, 0.2) is 11.6 Å². The van der Waals surface area contributed by atoms with Crippen molar-refractivity contribution in [3.63, 3.8) is 0 Å². The second kappa shape index (κ2) is 4.42. The second-order valence-electron chi connectivity index (χ2n) is 4.46. The highest BCUT2D eigenvalue weighted by molar-refractivity contribution is 5.46. The smallest absolute Gasteiger partial charge is 0.155 e. The zero-order chi connectivity index (χ0) is 12.5. The second-order valence-corrected chi connectivity index (χ2v) is 4.46. The fourth-order valence-corrected chi connectivity index (χ4v) is 2.42. The molecule has 18 heavy (non-hydrogen) atoms. The summed E-state index contributed by atoms with van der Waals surface area (Å²) in [5.74, 6) is 1.64. The lowest BCUT2D eigenvalue weighted by Gasteiger charge is -2.19. The number of benzene rings is 1. The molecule has 96 valence electrons. The Morgan fingerprint density at radius 3 is 2.67 bits per heavy atom. The minimum Gasteiger partial charge on any atom is -0.493 e. The van der Waals surface area contributed by atoms with Gasteiger partial charge < -0.3 is 15.4 Å². The molecule has 0 atom stereocenters. The Bertz CT molecular complexity index is 459. The number of nitrogens with zero attached hydrogens (tertiary/aromatic N) is 3. The summed E-state index contributed by atoms with van der Waals surface area (Å²) in [6.07, 6.45) is 0. The van der Waals surface area contributed by atoms with Crippen LogP contribution in [0, 0.1) is 0 Å². The lowest BCUT2D eigenvalue weighted by molar-refractivity contribution is 0.0955. The Kier molecular flexibility index (Phi) is 2.76. The fraction of sp³-hybridized carbons (Fsp3) is 0.385. The van der Waals surface area contributed by atoms with Crippen LogP contribution in [0.3, 0.4) is 0 Å². The molecule has 5 heteroatoms. The Labute approximate surface area is 107 Å². The summed E-state index contributed by atoms with van der Waals surface area (Å²) >= 11 is 0. The Morgan fingerprint density at radius 2 is 2.00 bits per heavy atom. The van der Waals surface area contributed by atoms with Gasteiger partial charge in [-0.25, -0.2) is 0 Å². The van der Waals surface area contributed by atoms with Crippen molar-refractivity contribution in [2.75, 3.05) is 31.4 Å². The maximum atomic E-state index is 6.10. The number of ether oxygens (including phenoxy) is 1. The van der Waals surface area contributed by atoms with Gasteiger partial charge >= 0.3 is 0 Å². The topological polar surface area (TPSA) is 45.0 Å². The van der Waals surface area contributed by atoms with Crippen LogP contribution in [0.15, 0.2) is 41.9 Å². The average Bonchev–Trinajstić information content (AvgIpc) is 2.93. The zero-order valence-corrected chi connectivity index (χ0v) is 10.5. The molecule has 2 aliphatic rings. The predicted molar refractivity (Wildman–Crippen MR) is 70.0 cm³/mol. The van der Waals surface area contributed by atoms with E-state index in [1.54, 1.807) is 0 Å². The first kappa shape index (κ1) is 11.2. The van der Waals surface area contributed by atoms with E-state index in [1.807, 2.05) is 13.0 Å². The minimum atomic E-state index is 0.667. The summed E-state index contributed by atoms with van der Waals surface area (Å²) in [4.78, 5) is 2.29. The highest BCUT2D eigenvalue weighted by Crippen LogP contribution is 2.28. The average molecular weight is 246 g/mol. The van der Waals surface area contributed by atoms with E-state index in [0.29, 0.717) is 6.61 Å². The number of para-hydroxylation sites is 1. The lowest BCUT2D eigenvalue weighted by Crippen LogP contribution is -2.32. The van der Waals surface area contributed by atoms with E-state index in [4.69, 9.17) is 10.5 Å². The largest absolute Gasteiger partial charge is 0.493 e. The van der Waals surface area contributed by atoms with Crippen molar-refractivity contribution in [2.24, 2.45) is 5.73 Å². The first-order valence-electron chi connectivity index (χ1n) is 6.23. The summed E-state index contributed by atoms with van der Waals surface area (Å²) in [5.41, 5.74) is 7.32. The summed E-state index contributed by atoms with van der Waals surface area (Å²) < 4.78 is 5.55. The van der Waals surface area contributed by atoms with E-state index in [0.717, 1.165) is 31.5 Å². The van der Waals surface area contributed by atoms with Gasteiger partial charge in [0.05, 0.1) is 19.8 Å². The van der Waals surface area contributed by atoms with Crippen LogP contribution in [0.1, 0.15) is 6.92 Å². The first-order chi connectivity index (χ1) is 8.79. The molecule has 2 heterocycles. The molecule has 0 aromatic heterocycles. The number of anilines is 1. The third-order valence-corrected chi connectivity index (χ3v) is 3.31. The molecule has 0 radical (unpaired) electrons. The number of hydrogen-bond donors (Lipinski definition) is 1. The van der Waals surface area contributed by atoms with Gasteiger partial charge in [-0.3, -0.25) is 5.01 Å². The summed E-state index contributed by atoms with van der Waals surface area (Å²) in [6, 6.07) is 10.4. The number of nitrogens with two attached hydrogens (primary N) is 1. The van der Waals surface area contributed by atoms with E-state index >= 15 is 0 Å². The zero-order valence-electron chi connectivity index (χ0n) is 10.5. The highest BCUT2D eigenvalue weighted by Gasteiger charge is 2.36. The van der Waals surface area contributed by atoms with Crippen molar-refractivity contribution in [1.82, 2.24) is 10.0 Å². The van der Waals surface area contributed by atoms with Gasteiger partial charge in [0, 0.05) is 5.69 Å². The molecular formula is C13H18N4O. The summed E-state index contributed by atoms with van der Waals surface area (Å²) in [5, 5.41) is 4.28. The van der Waals surface area contributed by atoms with E-state index in [2.05, 4.69) is 39.2 Å². The van der Waals surface area contributed by atoms with Gasteiger partial charge in [0.1, 0.15) is 6.67 Å². The Balaban J connectivity index is 1.75. The molecule has 2 N–H and O–H groups in total. The van der Waals surface area contributed by atoms with Crippen molar-refractivity contribution in [3.05, 3.63) is 41.9 Å². The number of hydrazine groups is 1. The highest BCUT2D eigenvalue weighted by atomic mass is 16.5. The number of rotatable bonds is 3. The summed E-state index contributed by atoms with van der Waals surface area (Å²) in [7, 11) is 0. The van der Waals surface area contributed by atoms with E-state index < -0.39 is 0 Å². The van der Waals surface area contributed by atoms with Crippen LogP contribution in [0.5, 0.6) is 0 Å². The quantitative estimate of drug-likeness (QED) is 0.866. The van der Waals surface area contributed by atoms with Crippen molar-refractivity contribution < 1.29 is 4.74 Å². The Hall–Kier alpha value is -1.88. The molecule has 0 spiro atoms. The van der Waals surface area contributed by atoms with Crippen LogP contribution in [0.2, 0.25) is 0 Å². The monoisotopic (exact) mass is 246 g/mol. The molecule has 0 bridgehead atoms. The molecule has 5 nitrogen and oxygen atoms in total. The van der Waals surface area contributed by atoms with Gasteiger partial charge in [0.2, 0.25) is 0 Å². The molecule has 1 fully saturated rings. The molecular weight excluding hydrogens is 228 g/mol. The van der Waals surface area contributed by atoms with Crippen LogP contribution < -0.4 is 10.6 Å². The van der Waals surface area contributed by atoms with Crippen LogP contribution in [-0.4, -0.2) is 36.5 Å². The lowest BCUT2D eigenvalue weighted by atomic mass is 10.3. The van der Waals surface area contributed by atoms with E-state index in [9.17, 15) is 0 Å². The van der Waals surface area contributed by atoms with Crippen molar-refractivity contribution >= 4 is 5.69 Å². The van der Waals surface area contributed by atoms with Crippen LogP contribution in [0.4, 0.5) is 5.69 Å². The third-order valence-electron chi connectivity index (χ3n) is 3.31. The van der Waals surface area contributed by atoms with Crippen LogP contribution in [-0.2, 0) is 4.74 Å². The number of hydrogen-bond acceptors (Lipinski definition) is 5. The molecule has 0 amide bonds. The third kappa shape index (κ3) is 1.76. The molecule has 1 saturated heterocycles. The van der Waals surface area contributed by atoms with Gasteiger partial charge in [-0.15, -0.1) is 0 Å². The maximum Gasteiger partial charge on any atom is 0.155 e. The van der Waals surface area contributed by atoms with E-state index in [1.165, 1.54) is 5.69 Å².